The van der Waals surface area contributed by atoms with Gasteiger partial charge in [0.25, 0.3) is 0 Å². The second kappa shape index (κ2) is 11.4. The summed E-state index contributed by atoms with van der Waals surface area (Å²) in [6, 6.07) is 19.3. The molecule has 0 aromatic heterocycles. The van der Waals surface area contributed by atoms with Crippen LogP contribution in [0.5, 0.6) is 5.75 Å². The fourth-order valence-corrected chi connectivity index (χ4v) is 9.33. The lowest BCUT2D eigenvalue weighted by Gasteiger charge is -2.31. The Labute approximate surface area is 243 Å². The van der Waals surface area contributed by atoms with Crippen LogP contribution in [0.2, 0.25) is 0 Å². The van der Waals surface area contributed by atoms with Gasteiger partial charge in [-0.15, -0.1) is 0 Å². The van der Waals surface area contributed by atoms with Crippen molar-refractivity contribution in [2.75, 3.05) is 24.6 Å². The minimum Gasteiger partial charge on any atom is -0.489 e. The lowest BCUT2D eigenvalue weighted by atomic mass is 9.97. The predicted octanol–water partition coefficient (Wildman–Crippen LogP) is 5.01. The highest BCUT2D eigenvalue weighted by molar-refractivity contribution is 7.92. The maximum Gasteiger partial charge on any atom is 0.416 e. The standard InChI is InChI=1S/C30H30F3NO6S2/c31-30(32,33)27-9-5-4-6-23(27)20-40-25-12-10-24(11-13-25)29(42(38,39)26-7-2-1-3-8-26)16-17-34(21-29)28(35)22-14-18-41(36,37)19-15-22/h1-13,22H,14-21H2. The maximum absolute atomic E-state index is 14.2. The van der Waals surface area contributed by atoms with Gasteiger partial charge in [0, 0.05) is 24.6 Å². The van der Waals surface area contributed by atoms with Crippen LogP contribution in [0.1, 0.15) is 36.0 Å². The average Bonchev–Trinajstić information content (AvgIpc) is 3.44. The van der Waals surface area contributed by atoms with Gasteiger partial charge in [-0.25, -0.2) is 16.8 Å². The van der Waals surface area contributed by atoms with Crippen molar-refractivity contribution in [2.45, 2.75) is 41.7 Å². The number of ether oxygens (including phenoxy) is 1. The first-order valence-electron chi connectivity index (χ1n) is 13.5. The lowest BCUT2D eigenvalue weighted by molar-refractivity contribution is -0.138. The van der Waals surface area contributed by atoms with Gasteiger partial charge >= 0.3 is 6.18 Å². The van der Waals surface area contributed by atoms with Crippen molar-refractivity contribution < 1.29 is 39.5 Å². The molecule has 42 heavy (non-hydrogen) atoms. The maximum atomic E-state index is 14.2. The number of likely N-dealkylation sites (tertiary alicyclic amines) is 1. The summed E-state index contributed by atoms with van der Waals surface area (Å²) in [5.41, 5.74) is -0.394. The number of alkyl halides is 3. The van der Waals surface area contributed by atoms with Crippen molar-refractivity contribution >= 4 is 25.6 Å². The van der Waals surface area contributed by atoms with Crippen molar-refractivity contribution in [1.82, 2.24) is 4.90 Å². The molecule has 0 radical (unpaired) electrons. The van der Waals surface area contributed by atoms with Crippen molar-refractivity contribution in [3.8, 4) is 5.75 Å². The third-order valence-electron chi connectivity index (χ3n) is 8.11. The third kappa shape index (κ3) is 5.92. The topological polar surface area (TPSA) is 97.8 Å². The van der Waals surface area contributed by atoms with E-state index in [1.165, 1.54) is 47.4 Å². The SMILES string of the molecule is O=C(C1CCS(=O)(=O)CC1)N1CCC(c2ccc(OCc3ccccc3C(F)(F)F)cc2)(S(=O)(=O)c2ccccc2)C1. The molecule has 2 aliphatic rings. The quantitative estimate of drug-likeness (QED) is 0.368. The molecule has 2 heterocycles. The summed E-state index contributed by atoms with van der Waals surface area (Å²) < 4.78 is 96.3. The van der Waals surface area contributed by atoms with E-state index < -0.39 is 42.1 Å². The number of sulfone groups is 2. The summed E-state index contributed by atoms with van der Waals surface area (Å²) in [7, 11) is -7.18. The molecule has 2 fully saturated rings. The van der Waals surface area contributed by atoms with Crippen molar-refractivity contribution in [1.29, 1.82) is 0 Å². The molecule has 3 aromatic rings. The molecular weight excluding hydrogens is 591 g/mol. The van der Waals surface area contributed by atoms with Gasteiger partial charge < -0.3 is 9.64 Å². The zero-order chi connectivity index (χ0) is 30.2. The van der Waals surface area contributed by atoms with Crippen LogP contribution in [0.25, 0.3) is 0 Å². The van der Waals surface area contributed by atoms with Gasteiger partial charge in [-0.1, -0.05) is 48.5 Å². The monoisotopic (exact) mass is 621 g/mol. The van der Waals surface area contributed by atoms with Crippen molar-refractivity contribution in [3.63, 3.8) is 0 Å². The van der Waals surface area contributed by atoms with Crippen LogP contribution in [0.3, 0.4) is 0 Å². The molecule has 1 amide bonds. The van der Waals surface area contributed by atoms with E-state index in [0.717, 1.165) is 6.07 Å². The number of hydrogen-bond acceptors (Lipinski definition) is 6. The van der Waals surface area contributed by atoms with Crippen LogP contribution < -0.4 is 4.74 Å². The van der Waals surface area contributed by atoms with Crippen LogP contribution >= 0.6 is 0 Å². The first-order valence-corrected chi connectivity index (χ1v) is 16.8. The fraction of sp³-hybridized carbons (Fsp3) is 0.367. The number of halogens is 3. The van der Waals surface area contributed by atoms with Gasteiger partial charge in [0.05, 0.1) is 22.0 Å². The van der Waals surface area contributed by atoms with E-state index in [1.54, 1.807) is 30.3 Å². The van der Waals surface area contributed by atoms with Gasteiger partial charge in [-0.2, -0.15) is 13.2 Å². The zero-order valence-corrected chi connectivity index (χ0v) is 24.2. The number of carbonyl (C=O) groups is 1. The minimum absolute atomic E-state index is 0.0299. The summed E-state index contributed by atoms with van der Waals surface area (Å²) in [6.07, 6.45) is -3.99. The molecule has 1 unspecified atom stereocenters. The summed E-state index contributed by atoms with van der Waals surface area (Å²) in [5.74, 6) is -0.617. The number of nitrogens with zero attached hydrogens (tertiary/aromatic N) is 1. The van der Waals surface area contributed by atoms with E-state index in [2.05, 4.69) is 0 Å². The highest BCUT2D eigenvalue weighted by atomic mass is 32.2. The van der Waals surface area contributed by atoms with Crippen molar-refractivity contribution in [2.24, 2.45) is 5.92 Å². The van der Waals surface area contributed by atoms with Gasteiger partial charge in [0.1, 0.15) is 26.9 Å². The van der Waals surface area contributed by atoms with Gasteiger partial charge in [-0.05, 0) is 55.2 Å². The molecule has 0 N–H and O–H groups in total. The Morgan fingerprint density at radius 3 is 2.19 bits per heavy atom. The van der Waals surface area contributed by atoms with Crippen LogP contribution in [-0.2, 0) is 42.0 Å². The first kappa shape index (κ1) is 30.1. The molecular formula is C30H30F3NO6S2. The van der Waals surface area contributed by atoms with E-state index in [0.29, 0.717) is 5.56 Å². The highest BCUT2D eigenvalue weighted by Gasteiger charge is 2.52. The largest absolute Gasteiger partial charge is 0.489 e. The molecule has 224 valence electrons. The van der Waals surface area contributed by atoms with E-state index in [1.807, 2.05) is 0 Å². The normalized spacial score (nSPS) is 21.3. The molecule has 2 aliphatic heterocycles. The molecule has 0 bridgehead atoms. The number of amides is 1. The second-order valence-corrected chi connectivity index (χ2v) is 15.3. The molecule has 0 aliphatic carbocycles. The summed E-state index contributed by atoms with van der Waals surface area (Å²) in [5, 5.41) is 0. The van der Waals surface area contributed by atoms with Crippen molar-refractivity contribution in [3.05, 3.63) is 95.6 Å². The Balaban J connectivity index is 1.42. The van der Waals surface area contributed by atoms with Gasteiger partial charge in [0.2, 0.25) is 5.91 Å². The molecule has 0 saturated carbocycles. The molecule has 7 nitrogen and oxygen atoms in total. The number of carbonyl (C=O) groups excluding carboxylic acids is 1. The minimum atomic E-state index is -4.53. The number of hydrogen-bond donors (Lipinski definition) is 0. The first-order chi connectivity index (χ1) is 19.8. The lowest BCUT2D eigenvalue weighted by Crippen LogP contribution is -2.43. The molecule has 3 aromatic carbocycles. The highest BCUT2D eigenvalue weighted by Crippen LogP contribution is 2.44. The third-order valence-corrected chi connectivity index (χ3v) is 12.3. The van der Waals surface area contributed by atoms with Crippen LogP contribution in [0.15, 0.2) is 83.8 Å². The molecule has 12 heteroatoms. The Morgan fingerprint density at radius 1 is 0.929 bits per heavy atom. The zero-order valence-electron chi connectivity index (χ0n) is 22.6. The van der Waals surface area contributed by atoms with E-state index >= 15 is 0 Å². The Bertz CT molecular complexity index is 1650. The molecule has 1 atom stereocenters. The fourth-order valence-electron chi connectivity index (χ4n) is 5.74. The van der Waals surface area contributed by atoms with E-state index in [9.17, 15) is 34.8 Å². The Morgan fingerprint density at radius 2 is 1.55 bits per heavy atom. The predicted molar refractivity (Wildman–Crippen MR) is 150 cm³/mol. The number of benzene rings is 3. The van der Waals surface area contributed by atoms with Crippen LogP contribution in [0, 0.1) is 5.92 Å². The van der Waals surface area contributed by atoms with Gasteiger partial charge in [0.15, 0.2) is 9.84 Å². The second-order valence-electron chi connectivity index (χ2n) is 10.7. The summed E-state index contributed by atoms with van der Waals surface area (Å²) in [4.78, 5) is 15.0. The summed E-state index contributed by atoms with van der Waals surface area (Å²) >= 11 is 0. The smallest absolute Gasteiger partial charge is 0.416 e. The van der Waals surface area contributed by atoms with Crippen LogP contribution in [0.4, 0.5) is 13.2 Å². The van der Waals surface area contributed by atoms with Gasteiger partial charge in [-0.3, -0.25) is 4.79 Å². The molecule has 2 saturated heterocycles. The summed E-state index contributed by atoms with van der Waals surface area (Å²) in [6.45, 7) is -0.256. The van der Waals surface area contributed by atoms with E-state index in [-0.39, 0.29) is 72.6 Å². The van der Waals surface area contributed by atoms with E-state index in [4.69, 9.17) is 4.74 Å². The number of rotatable bonds is 7. The molecule has 5 rings (SSSR count). The van der Waals surface area contributed by atoms with Crippen LogP contribution in [-0.4, -0.2) is 52.2 Å². The molecule has 0 spiro atoms. The Hall–Kier alpha value is -3.38. The Kier molecular flexibility index (Phi) is 8.14. The average molecular weight is 622 g/mol.